The molecule has 0 spiro atoms. The summed E-state index contributed by atoms with van der Waals surface area (Å²) in [7, 11) is 0. The molecule has 3 heterocycles. The first kappa shape index (κ1) is 15.9. The maximum absolute atomic E-state index is 12.1. The third kappa shape index (κ3) is 3.30. The molecule has 0 unspecified atom stereocenters. The summed E-state index contributed by atoms with van der Waals surface area (Å²) in [5, 5.41) is 9.36. The van der Waals surface area contributed by atoms with Crippen molar-refractivity contribution in [1.29, 1.82) is 0 Å². The van der Waals surface area contributed by atoms with E-state index >= 15 is 0 Å². The topological polar surface area (TPSA) is 110 Å². The molecule has 1 aliphatic heterocycles. The summed E-state index contributed by atoms with van der Waals surface area (Å²) in [5.74, 6) is 0.322. The molecule has 0 aliphatic carbocycles. The number of anilines is 2. The monoisotopic (exact) mass is 349 g/mol. The first-order valence-corrected chi connectivity index (χ1v) is 8.11. The van der Waals surface area contributed by atoms with Crippen LogP contribution in [0.3, 0.4) is 0 Å². The molecule has 8 heteroatoms. The summed E-state index contributed by atoms with van der Waals surface area (Å²) in [6.07, 6.45) is 1.77. The Morgan fingerprint density at radius 2 is 2.08 bits per heavy atom. The van der Waals surface area contributed by atoms with Gasteiger partial charge in [-0.25, -0.2) is 4.98 Å². The first-order valence-electron chi connectivity index (χ1n) is 8.11. The third-order valence-corrected chi connectivity index (χ3v) is 4.03. The van der Waals surface area contributed by atoms with E-state index in [4.69, 9.17) is 4.52 Å². The van der Waals surface area contributed by atoms with Gasteiger partial charge in [-0.3, -0.25) is 9.59 Å². The molecule has 8 nitrogen and oxygen atoms in total. The van der Waals surface area contributed by atoms with Crippen LogP contribution >= 0.6 is 0 Å². The van der Waals surface area contributed by atoms with E-state index in [1.165, 1.54) is 0 Å². The van der Waals surface area contributed by atoms with E-state index in [0.717, 1.165) is 11.3 Å². The Balaban J connectivity index is 1.50. The van der Waals surface area contributed by atoms with Crippen LogP contribution in [0.2, 0.25) is 0 Å². The van der Waals surface area contributed by atoms with E-state index in [-0.39, 0.29) is 36.4 Å². The summed E-state index contributed by atoms with van der Waals surface area (Å²) < 4.78 is 5.32. The fraction of sp³-hybridized carbons (Fsp3) is 0.167. The van der Waals surface area contributed by atoms with Crippen molar-refractivity contribution in [3.05, 3.63) is 65.9 Å². The Kier molecular flexibility index (Phi) is 4.14. The van der Waals surface area contributed by atoms with Crippen molar-refractivity contribution in [1.82, 2.24) is 15.1 Å². The fourth-order valence-electron chi connectivity index (χ4n) is 2.88. The number of nitrogens with one attached hydrogen (secondary N) is 2. The van der Waals surface area contributed by atoms with Crippen LogP contribution in [0.15, 0.2) is 53.2 Å². The lowest BCUT2D eigenvalue weighted by Crippen LogP contribution is -2.23. The van der Waals surface area contributed by atoms with Crippen molar-refractivity contribution < 1.29 is 14.1 Å². The van der Waals surface area contributed by atoms with Gasteiger partial charge in [0.25, 0.3) is 0 Å². The van der Waals surface area contributed by atoms with Crippen LogP contribution in [0.25, 0.3) is 0 Å². The summed E-state index contributed by atoms with van der Waals surface area (Å²) in [5.41, 5.74) is 1.65. The summed E-state index contributed by atoms with van der Waals surface area (Å²) in [6, 6.07) is 12.7. The zero-order valence-corrected chi connectivity index (χ0v) is 13.7. The van der Waals surface area contributed by atoms with Crippen molar-refractivity contribution in [2.75, 3.05) is 10.6 Å². The molecule has 1 atom stereocenters. The molecule has 2 amide bonds. The number of benzene rings is 1. The number of aromatic nitrogens is 3. The standard InChI is InChI=1S/C18H15N5O3/c24-16-9-12(11-5-1-2-6-13(11)20-16)18-22-15(23-26-18)10-17(25)21-14-7-3-4-8-19-14/h1-8,12H,9-10H2,(H,20,24)(H,19,21,25)/t12-/m1/s1. The smallest absolute Gasteiger partial charge is 0.234 e. The SMILES string of the molecule is O=C(Cc1noc([C@@H]2CC(=O)Nc3ccccc32)n1)Nc1ccccn1. The number of rotatable bonds is 4. The van der Waals surface area contributed by atoms with Gasteiger partial charge in [0.1, 0.15) is 5.82 Å². The molecule has 2 aromatic heterocycles. The van der Waals surface area contributed by atoms with Crippen molar-refractivity contribution in [3.63, 3.8) is 0 Å². The minimum Gasteiger partial charge on any atom is -0.339 e. The Bertz CT molecular complexity index is 954. The van der Waals surface area contributed by atoms with Crippen molar-refractivity contribution in [2.45, 2.75) is 18.8 Å². The van der Waals surface area contributed by atoms with Gasteiger partial charge < -0.3 is 15.2 Å². The van der Waals surface area contributed by atoms with Crippen molar-refractivity contribution in [2.24, 2.45) is 0 Å². The quantitative estimate of drug-likeness (QED) is 0.746. The molecule has 0 saturated carbocycles. The summed E-state index contributed by atoms with van der Waals surface area (Å²) >= 11 is 0. The van der Waals surface area contributed by atoms with Gasteiger partial charge in [-0.05, 0) is 23.8 Å². The number of fused-ring (bicyclic) bond motifs is 1. The van der Waals surface area contributed by atoms with Crippen LogP contribution in [0, 0.1) is 0 Å². The molecule has 4 rings (SSSR count). The average molecular weight is 349 g/mol. The summed E-state index contributed by atoms with van der Waals surface area (Å²) in [4.78, 5) is 32.3. The highest BCUT2D eigenvalue weighted by Gasteiger charge is 2.30. The van der Waals surface area contributed by atoms with Gasteiger partial charge in [-0.15, -0.1) is 0 Å². The Morgan fingerprint density at radius 1 is 1.23 bits per heavy atom. The molecule has 0 fully saturated rings. The molecule has 0 bridgehead atoms. The Labute approximate surface area is 148 Å². The minimum atomic E-state index is -0.319. The van der Waals surface area contributed by atoms with Crippen LogP contribution in [0.1, 0.15) is 29.6 Å². The molecule has 0 saturated heterocycles. The van der Waals surface area contributed by atoms with Crippen LogP contribution < -0.4 is 10.6 Å². The predicted molar refractivity (Wildman–Crippen MR) is 92.4 cm³/mol. The second-order valence-electron chi connectivity index (χ2n) is 5.88. The first-order chi connectivity index (χ1) is 12.7. The largest absolute Gasteiger partial charge is 0.339 e. The molecule has 1 aliphatic rings. The number of amides is 2. The van der Waals surface area contributed by atoms with Crippen LogP contribution in [-0.4, -0.2) is 26.9 Å². The summed E-state index contributed by atoms with van der Waals surface area (Å²) in [6.45, 7) is 0. The second kappa shape index (κ2) is 6.75. The number of hydrogen-bond acceptors (Lipinski definition) is 6. The second-order valence-corrected chi connectivity index (χ2v) is 5.88. The molecule has 2 N–H and O–H groups in total. The number of carbonyl (C=O) groups excluding carboxylic acids is 2. The number of para-hydroxylation sites is 1. The van der Waals surface area contributed by atoms with E-state index in [1.807, 2.05) is 24.3 Å². The highest BCUT2D eigenvalue weighted by atomic mass is 16.5. The Hall–Kier alpha value is -3.55. The van der Waals surface area contributed by atoms with Crippen LogP contribution in [-0.2, 0) is 16.0 Å². The fourth-order valence-corrected chi connectivity index (χ4v) is 2.88. The third-order valence-electron chi connectivity index (χ3n) is 4.03. The van der Waals surface area contributed by atoms with Gasteiger partial charge in [-0.1, -0.05) is 29.4 Å². The van der Waals surface area contributed by atoms with Gasteiger partial charge in [-0.2, -0.15) is 4.98 Å². The van der Waals surface area contributed by atoms with E-state index in [9.17, 15) is 9.59 Å². The maximum atomic E-state index is 12.1. The normalized spacial score (nSPS) is 15.8. The molecule has 26 heavy (non-hydrogen) atoms. The molecule has 130 valence electrons. The van der Waals surface area contributed by atoms with Gasteiger partial charge in [0, 0.05) is 18.3 Å². The van der Waals surface area contributed by atoms with E-state index in [1.54, 1.807) is 24.4 Å². The average Bonchev–Trinajstić information content (AvgIpc) is 3.10. The van der Waals surface area contributed by atoms with Crippen molar-refractivity contribution in [3.8, 4) is 0 Å². The molecular weight excluding hydrogens is 334 g/mol. The molecule has 3 aromatic rings. The van der Waals surface area contributed by atoms with Crippen LogP contribution in [0.4, 0.5) is 11.5 Å². The number of carbonyl (C=O) groups is 2. The number of nitrogens with zero attached hydrogens (tertiary/aromatic N) is 3. The van der Waals surface area contributed by atoms with E-state index in [2.05, 4.69) is 25.8 Å². The number of pyridine rings is 1. The number of hydrogen-bond donors (Lipinski definition) is 2. The lowest BCUT2D eigenvalue weighted by atomic mass is 9.90. The molecular formula is C18H15N5O3. The van der Waals surface area contributed by atoms with Crippen LogP contribution in [0.5, 0.6) is 0 Å². The van der Waals surface area contributed by atoms with E-state index in [0.29, 0.717) is 11.7 Å². The zero-order chi connectivity index (χ0) is 17.9. The minimum absolute atomic E-state index is 0.0410. The predicted octanol–water partition coefficient (Wildman–Crippen LogP) is 2.12. The van der Waals surface area contributed by atoms with E-state index < -0.39 is 0 Å². The highest BCUT2D eigenvalue weighted by molar-refractivity contribution is 5.95. The van der Waals surface area contributed by atoms with Gasteiger partial charge in [0.05, 0.1) is 12.3 Å². The lowest BCUT2D eigenvalue weighted by molar-refractivity contribution is -0.117. The highest BCUT2D eigenvalue weighted by Crippen LogP contribution is 2.35. The lowest BCUT2D eigenvalue weighted by Gasteiger charge is -2.22. The molecule has 0 radical (unpaired) electrons. The maximum Gasteiger partial charge on any atom is 0.234 e. The molecule has 1 aromatic carbocycles. The van der Waals surface area contributed by atoms with Gasteiger partial charge in [0.15, 0.2) is 5.82 Å². The van der Waals surface area contributed by atoms with Gasteiger partial charge in [0.2, 0.25) is 17.7 Å². The zero-order valence-electron chi connectivity index (χ0n) is 13.7. The Morgan fingerprint density at radius 3 is 2.92 bits per heavy atom. The van der Waals surface area contributed by atoms with Gasteiger partial charge >= 0.3 is 0 Å². The van der Waals surface area contributed by atoms with Crippen molar-refractivity contribution >= 4 is 23.3 Å².